The molecule has 0 aliphatic rings. The highest BCUT2D eigenvalue weighted by molar-refractivity contribution is 7.91. The average molecular weight is 273 g/mol. The first-order valence-corrected chi connectivity index (χ1v) is 6.83. The molecule has 0 radical (unpaired) electrons. The van der Waals surface area contributed by atoms with E-state index in [0.29, 0.717) is 11.3 Å². The van der Waals surface area contributed by atoms with Gasteiger partial charge in [-0.1, -0.05) is 5.92 Å². The Morgan fingerprint density at radius 3 is 2.53 bits per heavy atom. The first-order chi connectivity index (χ1) is 7.68. The largest absolute Gasteiger partial charge is 0.477 e. The molecule has 17 heavy (non-hydrogen) atoms. The van der Waals surface area contributed by atoms with Crippen molar-refractivity contribution in [1.29, 1.82) is 0 Å². The van der Waals surface area contributed by atoms with Crippen molar-refractivity contribution in [2.75, 3.05) is 0 Å². The van der Waals surface area contributed by atoms with Gasteiger partial charge in [-0.3, -0.25) is 0 Å². The molecule has 0 atom stereocenters. The number of carbonyl (C=O) groups is 1. The van der Waals surface area contributed by atoms with Crippen LogP contribution in [0.4, 0.5) is 0 Å². The molecule has 0 fully saturated rings. The van der Waals surface area contributed by atoms with E-state index in [1.807, 2.05) is 0 Å². The standard InChI is InChI=1S/C10H11NO4S2/c1-4-10(2,3)11-17(14,15)8-6-5-7(16-8)9(12)13/h1,5-6,11H,2-3H3,(H,12,13). The van der Waals surface area contributed by atoms with E-state index in [9.17, 15) is 13.2 Å². The Labute approximate surface area is 104 Å². The van der Waals surface area contributed by atoms with Crippen LogP contribution in [0, 0.1) is 12.3 Å². The van der Waals surface area contributed by atoms with Crippen LogP contribution in [0.3, 0.4) is 0 Å². The minimum absolute atomic E-state index is 0.0381. The van der Waals surface area contributed by atoms with Crippen LogP contribution in [0.25, 0.3) is 0 Å². The molecule has 92 valence electrons. The molecule has 0 saturated carbocycles. The summed E-state index contributed by atoms with van der Waals surface area (Å²) in [6.07, 6.45) is 5.18. The third-order valence-corrected chi connectivity index (χ3v) is 5.03. The zero-order valence-electron chi connectivity index (χ0n) is 9.22. The predicted molar refractivity (Wildman–Crippen MR) is 64.5 cm³/mol. The van der Waals surface area contributed by atoms with E-state index in [2.05, 4.69) is 10.6 Å². The summed E-state index contributed by atoms with van der Waals surface area (Å²) in [5.41, 5.74) is -1.02. The molecule has 2 N–H and O–H groups in total. The van der Waals surface area contributed by atoms with Crippen LogP contribution in [0.1, 0.15) is 23.5 Å². The van der Waals surface area contributed by atoms with Crippen molar-refractivity contribution >= 4 is 27.3 Å². The van der Waals surface area contributed by atoms with Crippen LogP contribution >= 0.6 is 11.3 Å². The lowest BCUT2D eigenvalue weighted by Crippen LogP contribution is -2.41. The van der Waals surface area contributed by atoms with Gasteiger partial charge in [0.1, 0.15) is 9.09 Å². The maximum absolute atomic E-state index is 11.9. The Kier molecular flexibility index (Phi) is 3.62. The van der Waals surface area contributed by atoms with E-state index >= 15 is 0 Å². The van der Waals surface area contributed by atoms with Gasteiger partial charge in [-0.15, -0.1) is 17.8 Å². The molecular weight excluding hydrogens is 262 g/mol. The Hall–Kier alpha value is -1.36. The zero-order chi connectivity index (χ0) is 13.3. The fourth-order valence-electron chi connectivity index (χ4n) is 0.995. The summed E-state index contributed by atoms with van der Waals surface area (Å²) in [5, 5.41) is 8.71. The molecule has 5 nitrogen and oxygen atoms in total. The van der Waals surface area contributed by atoms with Crippen molar-refractivity contribution in [3.05, 3.63) is 17.0 Å². The van der Waals surface area contributed by atoms with Crippen LogP contribution in [0.15, 0.2) is 16.3 Å². The second-order valence-corrected chi connectivity index (χ2v) is 6.79. The Morgan fingerprint density at radius 2 is 2.12 bits per heavy atom. The van der Waals surface area contributed by atoms with E-state index in [1.54, 1.807) is 0 Å². The third-order valence-electron chi connectivity index (χ3n) is 1.81. The number of aromatic carboxylic acids is 1. The molecule has 1 rings (SSSR count). The SMILES string of the molecule is C#CC(C)(C)NS(=O)(=O)c1ccc(C(=O)O)s1. The maximum Gasteiger partial charge on any atom is 0.345 e. The number of rotatable bonds is 4. The highest BCUT2D eigenvalue weighted by Crippen LogP contribution is 2.22. The maximum atomic E-state index is 11.9. The van der Waals surface area contributed by atoms with Crippen molar-refractivity contribution in [2.45, 2.75) is 23.6 Å². The fraction of sp³-hybridized carbons (Fsp3) is 0.300. The fourth-order valence-corrected chi connectivity index (χ4v) is 3.48. The molecule has 0 saturated heterocycles. The van der Waals surface area contributed by atoms with Crippen molar-refractivity contribution in [2.24, 2.45) is 0 Å². The highest BCUT2D eigenvalue weighted by Gasteiger charge is 2.26. The van der Waals surface area contributed by atoms with Crippen LogP contribution in [-0.2, 0) is 10.0 Å². The van der Waals surface area contributed by atoms with Crippen LogP contribution in [-0.4, -0.2) is 25.0 Å². The topological polar surface area (TPSA) is 83.5 Å². The number of terminal acetylenes is 1. The third kappa shape index (κ3) is 3.30. The number of sulfonamides is 1. The highest BCUT2D eigenvalue weighted by atomic mass is 32.2. The monoisotopic (exact) mass is 273 g/mol. The summed E-state index contributed by atoms with van der Waals surface area (Å²) >= 11 is 0.681. The molecule has 0 spiro atoms. The molecule has 1 heterocycles. The smallest absolute Gasteiger partial charge is 0.345 e. The normalized spacial score (nSPS) is 12.1. The van der Waals surface area contributed by atoms with Gasteiger partial charge in [0, 0.05) is 0 Å². The van der Waals surface area contributed by atoms with Gasteiger partial charge >= 0.3 is 5.97 Å². The van der Waals surface area contributed by atoms with Gasteiger partial charge in [0.25, 0.3) is 10.0 Å². The zero-order valence-corrected chi connectivity index (χ0v) is 10.9. The molecule has 0 aromatic carbocycles. The van der Waals surface area contributed by atoms with Crippen molar-refractivity contribution < 1.29 is 18.3 Å². The lowest BCUT2D eigenvalue weighted by molar-refractivity contribution is 0.0702. The number of carboxylic acids is 1. The number of hydrogen-bond donors (Lipinski definition) is 2. The second-order valence-electron chi connectivity index (χ2n) is 3.80. The van der Waals surface area contributed by atoms with Gasteiger partial charge in [0.15, 0.2) is 0 Å². The summed E-state index contributed by atoms with van der Waals surface area (Å²) in [6.45, 7) is 3.08. The van der Waals surface area contributed by atoms with E-state index in [4.69, 9.17) is 11.5 Å². The number of carboxylic acid groups (broad SMARTS) is 1. The molecule has 0 aliphatic heterocycles. The molecule has 0 bridgehead atoms. The summed E-state index contributed by atoms with van der Waals surface area (Å²) in [5.74, 6) is 1.14. The summed E-state index contributed by atoms with van der Waals surface area (Å²) < 4.78 is 25.9. The van der Waals surface area contributed by atoms with Gasteiger partial charge in [0.2, 0.25) is 0 Å². The van der Waals surface area contributed by atoms with Crippen LogP contribution < -0.4 is 4.72 Å². The van der Waals surface area contributed by atoms with Crippen LogP contribution in [0.5, 0.6) is 0 Å². The minimum Gasteiger partial charge on any atom is -0.477 e. The Bertz CT molecular complexity index is 578. The first-order valence-electron chi connectivity index (χ1n) is 4.53. The molecule has 7 heteroatoms. The average Bonchev–Trinajstić information content (AvgIpc) is 2.65. The minimum atomic E-state index is -3.78. The molecule has 0 amide bonds. The summed E-state index contributed by atoms with van der Waals surface area (Å²) in [6, 6.07) is 2.48. The van der Waals surface area contributed by atoms with Gasteiger partial charge in [-0.25, -0.2) is 13.2 Å². The van der Waals surface area contributed by atoms with E-state index in [1.165, 1.54) is 26.0 Å². The van der Waals surface area contributed by atoms with Gasteiger partial charge in [0.05, 0.1) is 5.54 Å². The lowest BCUT2D eigenvalue weighted by Gasteiger charge is -2.18. The molecule has 0 aliphatic carbocycles. The molecule has 1 aromatic rings. The Morgan fingerprint density at radius 1 is 1.53 bits per heavy atom. The van der Waals surface area contributed by atoms with Crippen molar-refractivity contribution in [3.8, 4) is 12.3 Å². The predicted octanol–water partition coefficient (Wildman–Crippen LogP) is 1.14. The van der Waals surface area contributed by atoms with E-state index in [0.717, 1.165) is 0 Å². The van der Waals surface area contributed by atoms with E-state index < -0.39 is 21.5 Å². The van der Waals surface area contributed by atoms with E-state index in [-0.39, 0.29) is 9.09 Å². The first kappa shape index (κ1) is 13.7. The second kappa shape index (κ2) is 4.49. The molecule has 1 aromatic heterocycles. The van der Waals surface area contributed by atoms with Crippen molar-refractivity contribution in [1.82, 2.24) is 4.72 Å². The molecule has 0 unspecified atom stereocenters. The van der Waals surface area contributed by atoms with Gasteiger partial charge < -0.3 is 5.11 Å². The van der Waals surface area contributed by atoms with Crippen molar-refractivity contribution in [3.63, 3.8) is 0 Å². The number of nitrogens with one attached hydrogen (secondary N) is 1. The summed E-state index contributed by atoms with van der Waals surface area (Å²) in [4.78, 5) is 10.6. The summed E-state index contributed by atoms with van der Waals surface area (Å²) in [7, 11) is -3.78. The Balaban J connectivity index is 3.07. The number of thiophene rings is 1. The lowest BCUT2D eigenvalue weighted by atomic mass is 10.1. The number of hydrogen-bond acceptors (Lipinski definition) is 4. The van der Waals surface area contributed by atoms with Crippen LogP contribution in [0.2, 0.25) is 0 Å². The van der Waals surface area contributed by atoms with Gasteiger partial charge in [-0.2, -0.15) is 4.72 Å². The quantitative estimate of drug-likeness (QED) is 0.806. The van der Waals surface area contributed by atoms with Gasteiger partial charge in [-0.05, 0) is 26.0 Å². The molecular formula is C10H11NO4S2.